The zero-order valence-corrected chi connectivity index (χ0v) is 22.6. The van der Waals surface area contributed by atoms with Gasteiger partial charge in [0.15, 0.2) is 6.61 Å². The molecule has 0 aromatic heterocycles. The number of amides is 3. The lowest BCUT2D eigenvalue weighted by Gasteiger charge is -2.28. The molecule has 210 valence electrons. The number of carbonyl (C=O) groups is 5. The molecule has 2 aliphatic rings. The van der Waals surface area contributed by atoms with Gasteiger partial charge >= 0.3 is 11.9 Å². The van der Waals surface area contributed by atoms with E-state index in [2.05, 4.69) is 17.4 Å². The molecule has 3 aromatic carbocycles. The summed E-state index contributed by atoms with van der Waals surface area (Å²) in [5.41, 5.74) is 2.37. The molecule has 41 heavy (non-hydrogen) atoms. The monoisotopic (exact) mass is 554 g/mol. The summed E-state index contributed by atoms with van der Waals surface area (Å²) in [7, 11) is 0. The van der Waals surface area contributed by atoms with Crippen LogP contribution in [0.25, 0.3) is 0 Å². The van der Waals surface area contributed by atoms with Crippen LogP contribution in [0.3, 0.4) is 0 Å². The average Bonchev–Trinajstić information content (AvgIpc) is 3.25. The number of fused-ring (bicyclic) bond motifs is 1. The standard InChI is InChI=1S/C32H30N2O7/c1-2-40-31(38)21-11-14-24(15-12-21)33-28(35)19-41-32(39)23-9-6-10-25(17-23)34-29(36)26-16-13-22(18-27(26)30(34)37)20-7-4-3-5-8-20/h3-12,14-15,17,22,26-27H,2,13,16,18-19H2,1H3,(H,33,35)/t22-,26-,27-/m1/s1. The summed E-state index contributed by atoms with van der Waals surface area (Å²) in [6, 6.07) is 22.3. The van der Waals surface area contributed by atoms with Crippen LogP contribution in [0.5, 0.6) is 0 Å². The van der Waals surface area contributed by atoms with Crippen molar-refractivity contribution in [2.24, 2.45) is 11.8 Å². The van der Waals surface area contributed by atoms with E-state index in [-0.39, 0.29) is 35.8 Å². The Bertz CT molecular complexity index is 1470. The predicted molar refractivity (Wildman–Crippen MR) is 150 cm³/mol. The van der Waals surface area contributed by atoms with Crippen LogP contribution in [0.2, 0.25) is 0 Å². The third-order valence-electron chi connectivity index (χ3n) is 7.55. The minimum Gasteiger partial charge on any atom is -0.462 e. The summed E-state index contributed by atoms with van der Waals surface area (Å²) in [6.07, 6.45) is 2.08. The molecule has 2 fully saturated rings. The largest absolute Gasteiger partial charge is 0.462 e. The first-order valence-corrected chi connectivity index (χ1v) is 13.6. The Morgan fingerprint density at radius 3 is 2.24 bits per heavy atom. The number of rotatable bonds is 8. The van der Waals surface area contributed by atoms with Gasteiger partial charge < -0.3 is 14.8 Å². The van der Waals surface area contributed by atoms with Crippen molar-refractivity contribution in [1.82, 2.24) is 0 Å². The van der Waals surface area contributed by atoms with Gasteiger partial charge in [-0.3, -0.25) is 19.3 Å². The molecule has 0 bridgehead atoms. The normalized spacial score (nSPS) is 19.8. The molecule has 0 radical (unpaired) electrons. The van der Waals surface area contributed by atoms with Gasteiger partial charge in [0.25, 0.3) is 5.91 Å². The number of nitrogens with zero attached hydrogens (tertiary/aromatic N) is 1. The zero-order chi connectivity index (χ0) is 28.9. The van der Waals surface area contributed by atoms with E-state index in [1.807, 2.05) is 18.2 Å². The van der Waals surface area contributed by atoms with E-state index in [1.165, 1.54) is 34.7 Å². The summed E-state index contributed by atoms with van der Waals surface area (Å²) in [5.74, 6) is -2.84. The highest BCUT2D eigenvalue weighted by Crippen LogP contribution is 2.45. The molecule has 3 atom stereocenters. The second-order valence-corrected chi connectivity index (χ2v) is 10.1. The van der Waals surface area contributed by atoms with E-state index in [0.717, 1.165) is 6.42 Å². The zero-order valence-electron chi connectivity index (χ0n) is 22.6. The van der Waals surface area contributed by atoms with Gasteiger partial charge in [-0.15, -0.1) is 0 Å². The fourth-order valence-electron chi connectivity index (χ4n) is 5.55. The van der Waals surface area contributed by atoms with Crippen molar-refractivity contribution in [1.29, 1.82) is 0 Å². The number of ether oxygens (including phenoxy) is 2. The lowest BCUT2D eigenvalue weighted by Crippen LogP contribution is -2.31. The van der Waals surface area contributed by atoms with Crippen LogP contribution in [0.4, 0.5) is 11.4 Å². The van der Waals surface area contributed by atoms with Gasteiger partial charge in [0.2, 0.25) is 11.8 Å². The topological polar surface area (TPSA) is 119 Å². The SMILES string of the molecule is CCOC(=O)c1ccc(NC(=O)COC(=O)c2cccc(N3C(=O)[C@@H]4CC[C@@H](c5ccccc5)C[C@H]4C3=O)c2)cc1. The maximum Gasteiger partial charge on any atom is 0.338 e. The third kappa shape index (κ3) is 6.04. The molecule has 5 rings (SSSR count). The van der Waals surface area contributed by atoms with Gasteiger partial charge in [-0.05, 0) is 80.1 Å². The van der Waals surface area contributed by atoms with E-state index < -0.39 is 30.4 Å². The number of nitrogens with one attached hydrogen (secondary N) is 1. The Morgan fingerprint density at radius 2 is 1.51 bits per heavy atom. The summed E-state index contributed by atoms with van der Waals surface area (Å²) in [5, 5.41) is 2.59. The first kappa shape index (κ1) is 27.8. The number of carbonyl (C=O) groups excluding carboxylic acids is 5. The number of hydrogen-bond acceptors (Lipinski definition) is 7. The molecule has 1 aliphatic carbocycles. The first-order valence-electron chi connectivity index (χ1n) is 13.6. The molecular formula is C32H30N2O7. The molecule has 9 nitrogen and oxygen atoms in total. The summed E-state index contributed by atoms with van der Waals surface area (Å²) in [4.78, 5) is 64.7. The van der Waals surface area contributed by atoms with Crippen LogP contribution in [-0.4, -0.2) is 42.9 Å². The van der Waals surface area contributed by atoms with Gasteiger partial charge in [0.05, 0.1) is 35.3 Å². The van der Waals surface area contributed by atoms with Crippen LogP contribution in [0.1, 0.15) is 58.4 Å². The minimum atomic E-state index is -0.764. The summed E-state index contributed by atoms with van der Waals surface area (Å²) in [6.45, 7) is 1.42. The molecule has 0 spiro atoms. The van der Waals surface area contributed by atoms with Crippen LogP contribution in [0.15, 0.2) is 78.9 Å². The van der Waals surface area contributed by atoms with E-state index in [4.69, 9.17) is 9.47 Å². The van der Waals surface area contributed by atoms with Crippen LogP contribution < -0.4 is 10.2 Å². The van der Waals surface area contributed by atoms with Crippen molar-refractivity contribution >= 4 is 41.0 Å². The highest BCUT2D eigenvalue weighted by atomic mass is 16.5. The molecule has 1 aliphatic heterocycles. The molecular weight excluding hydrogens is 524 g/mol. The van der Waals surface area contributed by atoms with Crippen molar-refractivity contribution < 1.29 is 33.4 Å². The van der Waals surface area contributed by atoms with Gasteiger partial charge in [-0.2, -0.15) is 0 Å². The van der Waals surface area contributed by atoms with E-state index in [1.54, 1.807) is 31.2 Å². The molecule has 9 heteroatoms. The number of hydrogen-bond donors (Lipinski definition) is 1. The highest BCUT2D eigenvalue weighted by molar-refractivity contribution is 6.22. The first-order chi connectivity index (χ1) is 19.9. The van der Waals surface area contributed by atoms with Gasteiger partial charge in [-0.25, -0.2) is 9.59 Å². The Hall–Kier alpha value is -4.79. The average molecular weight is 555 g/mol. The Kier molecular flexibility index (Phi) is 8.24. The molecule has 3 aromatic rings. The number of benzene rings is 3. The number of anilines is 2. The fraction of sp³-hybridized carbons (Fsp3) is 0.281. The highest BCUT2D eigenvalue weighted by Gasteiger charge is 2.50. The van der Waals surface area contributed by atoms with Gasteiger partial charge in [0.1, 0.15) is 0 Å². The molecule has 1 saturated carbocycles. The molecule has 1 N–H and O–H groups in total. The Balaban J connectivity index is 1.19. The predicted octanol–water partition coefficient (Wildman–Crippen LogP) is 4.73. The van der Waals surface area contributed by atoms with Crippen molar-refractivity contribution in [2.45, 2.75) is 32.1 Å². The molecule has 0 unspecified atom stereocenters. The Morgan fingerprint density at radius 1 is 0.805 bits per heavy atom. The van der Waals surface area contributed by atoms with Crippen molar-refractivity contribution in [3.05, 3.63) is 95.6 Å². The maximum atomic E-state index is 13.4. The van der Waals surface area contributed by atoms with E-state index in [9.17, 15) is 24.0 Å². The van der Waals surface area contributed by atoms with Crippen LogP contribution in [-0.2, 0) is 23.9 Å². The van der Waals surface area contributed by atoms with Gasteiger partial charge in [0, 0.05) is 5.69 Å². The lowest BCUT2D eigenvalue weighted by atomic mass is 9.73. The Labute approximate surface area is 237 Å². The van der Waals surface area contributed by atoms with Crippen molar-refractivity contribution in [2.75, 3.05) is 23.4 Å². The summed E-state index contributed by atoms with van der Waals surface area (Å²) < 4.78 is 10.1. The fourth-order valence-corrected chi connectivity index (χ4v) is 5.55. The smallest absolute Gasteiger partial charge is 0.338 e. The third-order valence-corrected chi connectivity index (χ3v) is 7.55. The lowest BCUT2D eigenvalue weighted by molar-refractivity contribution is -0.122. The summed E-state index contributed by atoms with van der Waals surface area (Å²) >= 11 is 0. The van der Waals surface area contributed by atoms with Crippen molar-refractivity contribution in [3.63, 3.8) is 0 Å². The van der Waals surface area contributed by atoms with Crippen molar-refractivity contribution in [3.8, 4) is 0 Å². The van der Waals surface area contributed by atoms with E-state index >= 15 is 0 Å². The number of esters is 2. The van der Waals surface area contributed by atoms with Crippen LogP contribution >= 0.6 is 0 Å². The number of imide groups is 1. The minimum absolute atomic E-state index is 0.117. The molecule has 1 heterocycles. The molecule has 3 amide bonds. The van der Waals surface area contributed by atoms with E-state index in [0.29, 0.717) is 29.8 Å². The quantitative estimate of drug-likeness (QED) is 0.316. The second kappa shape index (κ2) is 12.2. The second-order valence-electron chi connectivity index (χ2n) is 10.1. The van der Waals surface area contributed by atoms with Gasteiger partial charge in [-0.1, -0.05) is 36.4 Å². The maximum absolute atomic E-state index is 13.4. The molecule has 1 saturated heterocycles. The van der Waals surface area contributed by atoms with Crippen LogP contribution in [0, 0.1) is 11.8 Å².